The predicted molar refractivity (Wildman–Crippen MR) is 133 cm³/mol. The van der Waals surface area contributed by atoms with Gasteiger partial charge in [-0.05, 0) is 37.5 Å². The van der Waals surface area contributed by atoms with E-state index >= 15 is 0 Å². The molecule has 35 heavy (non-hydrogen) atoms. The van der Waals surface area contributed by atoms with Gasteiger partial charge >= 0.3 is 5.97 Å². The van der Waals surface area contributed by atoms with Crippen molar-refractivity contribution in [2.75, 3.05) is 17.7 Å². The van der Waals surface area contributed by atoms with Crippen molar-refractivity contribution in [3.63, 3.8) is 0 Å². The molecule has 0 saturated carbocycles. The first-order chi connectivity index (χ1) is 16.9. The van der Waals surface area contributed by atoms with E-state index in [9.17, 15) is 9.59 Å². The van der Waals surface area contributed by atoms with Crippen LogP contribution in [0, 0.1) is 5.92 Å². The number of carbonyl (C=O) groups is 2. The van der Waals surface area contributed by atoms with Crippen LogP contribution in [-0.4, -0.2) is 44.4 Å². The molecule has 4 heterocycles. The second-order valence-corrected chi connectivity index (χ2v) is 8.88. The Bertz CT molecular complexity index is 1290. The predicted octanol–water partition coefficient (Wildman–Crippen LogP) is 4.41. The molecule has 0 aliphatic rings. The largest absolute Gasteiger partial charge is 0.472 e. The summed E-state index contributed by atoms with van der Waals surface area (Å²) in [5.41, 5.74) is 2.34. The average Bonchev–Trinajstić information content (AvgIpc) is 3.59. The number of hydrogen-bond acceptors (Lipinski definition) is 7. The van der Waals surface area contributed by atoms with Crippen LogP contribution in [0.1, 0.15) is 48.0 Å². The van der Waals surface area contributed by atoms with Crippen LogP contribution < -0.4 is 10.6 Å². The maximum absolute atomic E-state index is 12.9. The van der Waals surface area contributed by atoms with Gasteiger partial charge in [-0.1, -0.05) is 13.8 Å². The number of furan rings is 1. The van der Waals surface area contributed by atoms with E-state index in [1.165, 1.54) is 19.6 Å². The Morgan fingerprint density at radius 1 is 1.26 bits per heavy atom. The highest BCUT2D eigenvalue weighted by molar-refractivity contribution is 6.14. The molecule has 4 aromatic rings. The van der Waals surface area contributed by atoms with Crippen LogP contribution in [-0.2, 0) is 17.8 Å². The summed E-state index contributed by atoms with van der Waals surface area (Å²) < 4.78 is 13.8. The third kappa shape index (κ3) is 5.37. The third-order valence-corrected chi connectivity index (χ3v) is 5.61. The maximum Gasteiger partial charge on any atom is 0.356 e. The minimum absolute atomic E-state index is 0.139. The summed E-state index contributed by atoms with van der Waals surface area (Å²) in [4.78, 5) is 30.4. The summed E-state index contributed by atoms with van der Waals surface area (Å²) in [6, 6.07) is 5.50. The van der Waals surface area contributed by atoms with E-state index in [1.807, 2.05) is 41.4 Å². The first-order valence-electron chi connectivity index (χ1n) is 11.6. The van der Waals surface area contributed by atoms with E-state index in [4.69, 9.17) is 9.15 Å². The van der Waals surface area contributed by atoms with Gasteiger partial charge in [0.05, 0.1) is 36.5 Å². The molecule has 0 aliphatic heterocycles. The van der Waals surface area contributed by atoms with Gasteiger partial charge in [0.2, 0.25) is 0 Å². The SMILES string of the molecule is COC(=O)c1c(NC(=O)c2ccoc2)c2cc(N[C@H](C)CCn3cccn3)cnc2n1CC(C)C. The number of rotatable bonds is 10. The van der Waals surface area contributed by atoms with Crippen LogP contribution in [0.15, 0.2) is 53.7 Å². The van der Waals surface area contributed by atoms with Crippen LogP contribution >= 0.6 is 0 Å². The Labute approximate surface area is 203 Å². The Hall–Kier alpha value is -4.08. The minimum Gasteiger partial charge on any atom is -0.472 e. The zero-order valence-electron chi connectivity index (χ0n) is 20.3. The van der Waals surface area contributed by atoms with Crippen molar-refractivity contribution >= 4 is 34.3 Å². The smallest absolute Gasteiger partial charge is 0.356 e. The van der Waals surface area contributed by atoms with Crippen LogP contribution in [0.3, 0.4) is 0 Å². The molecule has 0 aromatic carbocycles. The van der Waals surface area contributed by atoms with Crippen LogP contribution in [0.4, 0.5) is 11.4 Å². The number of carbonyl (C=O) groups excluding carboxylic acids is 2. The second kappa shape index (κ2) is 10.5. The fourth-order valence-electron chi connectivity index (χ4n) is 3.98. The van der Waals surface area contributed by atoms with E-state index < -0.39 is 11.9 Å². The van der Waals surface area contributed by atoms with Gasteiger partial charge in [-0.25, -0.2) is 9.78 Å². The summed E-state index contributed by atoms with van der Waals surface area (Å²) in [6.45, 7) is 7.49. The highest BCUT2D eigenvalue weighted by Crippen LogP contribution is 2.34. The van der Waals surface area contributed by atoms with Crippen molar-refractivity contribution in [3.05, 3.63) is 60.6 Å². The van der Waals surface area contributed by atoms with Gasteiger partial charge in [0.1, 0.15) is 11.9 Å². The fraction of sp³-hybridized carbons (Fsp3) is 0.360. The Kier molecular flexibility index (Phi) is 7.19. The van der Waals surface area contributed by atoms with Crippen molar-refractivity contribution < 1.29 is 18.7 Å². The number of hydrogen-bond donors (Lipinski definition) is 2. The molecular weight excluding hydrogens is 448 g/mol. The lowest BCUT2D eigenvalue weighted by Crippen LogP contribution is -2.18. The first-order valence-corrected chi connectivity index (χ1v) is 11.6. The lowest BCUT2D eigenvalue weighted by atomic mass is 10.2. The van der Waals surface area contributed by atoms with Crippen molar-refractivity contribution in [1.29, 1.82) is 0 Å². The van der Waals surface area contributed by atoms with E-state index in [1.54, 1.807) is 18.5 Å². The number of ether oxygens (including phenoxy) is 1. The molecule has 184 valence electrons. The lowest BCUT2D eigenvalue weighted by molar-refractivity contribution is 0.0589. The summed E-state index contributed by atoms with van der Waals surface area (Å²) >= 11 is 0. The monoisotopic (exact) mass is 478 g/mol. The molecule has 4 aromatic heterocycles. The Balaban J connectivity index is 1.71. The quantitative estimate of drug-likeness (QED) is 0.324. The minimum atomic E-state index is -0.548. The number of pyridine rings is 1. The molecule has 1 atom stereocenters. The molecule has 0 bridgehead atoms. The van der Waals surface area contributed by atoms with Gasteiger partial charge in [0.25, 0.3) is 5.91 Å². The number of nitrogens with one attached hydrogen (secondary N) is 2. The maximum atomic E-state index is 12.9. The van der Waals surface area contributed by atoms with Gasteiger partial charge in [0.15, 0.2) is 5.69 Å². The first kappa shape index (κ1) is 24.1. The van der Waals surface area contributed by atoms with Gasteiger partial charge in [-0.2, -0.15) is 5.10 Å². The third-order valence-electron chi connectivity index (χ3n) is 5.61. The number of methoxy groups -OCH3 is 1. The number of esters is 1. The molecule has 0 spiro atoms. The fourth-order valence-corrected chi connectivity index (χ4v) is 3.98. The number of nitrogens with zero attached hydrogens (tertiary/aromatic N) is 4. The van der Waals surface area contributed by atoms with Crippen molar-refractivity contribution in [2.24, 2.45) is 5.92 Å². The number of anilines is 2. The van der Waals surface area contributed by atoms with Crippen LogP contribution in [0.25, 0.3) is 11.0 Å². The standard InChI is InChI=1S/C25H30N6O4/c1-16(2)14-31-22(25(33)34-4)21(29-24(32)18-7-11-35-15-18)20-12-19(13-26-23(20)31)28-17(3)6-10-30-9-5-8-27-30/h5,7-9,11-13,15-17,28H,6,10,14H2,1-4H3,(H,29,32)/t17-/m1/s1. The van der Waals surface area contributed by atoms with Crippen LogP contribution in [0.5, 0.6) is 0 Å². The van der Waals surface area contributed by atoms with Crippen LogP contribution in [0.2, 0.25) is 0 Å². The second-order valence-electron chi connectivity index (χ2n) is 8.88. The molecule has 0 saturated heterocycles. The van der Waals surface area contributed by atoms with Gasteiger partial charge in [0, 0.05) is 36.9 Å². The molecular formula is C25H30N6O4. The van der Waals surface area contributed by atoms with E-state index in [2.05, 4.69) is 27.6 Å². The summed E-state index contributed by atoms with van der Waals surface area (Å²) in [5, 5.41) is 11.2. The molecule has 0 radical (unpaired) electrons. The number of aryl methyl sites for hydroxylation is 1. The molecule has 1 amide bonds. The topological polar surface area (TPSA) is 116 Å². The van der Waals surface area contributed by atoms with Crippen molar-refractivity contribution in [3.8, 4) is 0 Å². The van der Waals surface area contributed by atoms with Gasteiger partial charge < -0.3 is 24.4 Å². The number of amides is 1. The van der Waals surface area contributed by atoms with E-state index in [0.717, 1.165) is 18.7 Å². The van der Waals surface area contributed by atoms with Gasteiger partial charge in [-0.15, -0.1) is 0 Å². The zero-order valence-corrected chi connectivity index (χ0v) is 20.3. The molecule has 0 unspecified atom stereocenters. The van der Waals surface area contributed by atoms with Crippen molar-refractivity contribution in [1.82, 2.24) is 19.3 Å². The molecule has 10 nitrogen and oxygen atoms in total. The molecule has 4 rings (SSSR count). The molecule has 0 aliphatic carbocycles. The zero-order chi connectivity index (χ0) is 24.9. The highest BCUT2D eigenvalue weighted by Gasteiger charge is 2.27. The van der Waals surface area contributed by atoms with E-state index in [-0.39, 0.29) is 17.7 Å². The summed E-state index contributed by atoms with van der Waals surface area (Å²) in [5.74, 6) is -0.708. The molecule has 10 heteroatoms. The normalized spacial score (nSPS) is 12.1. The Morgan fingerprint density at radius 3 is 2.74 bits per heavy atom. The Morgan fingerprint density at radius 2 is 2.09 bits per heavy atom. The van der Waals surface area contributed by atoms with Gasteiger partial charge in [-0.3, -0.25) is 9.48 Å². The highest BCUT2D eigenvalue weighted by atomic mass is 16.5. The summed E-state index contributed by atoms with van der Waals surface area (Å²) in [6.07, 6.45) is 9.06. The summed E-state index contributed by atoms with van der Waals surface area (Å²) in [7, 11) is 1.32. The van der Waals surface area contributed by atoms with Crippen molar-refractivity contribution in [2.45, 2.75) is 46.3 Å². The number of aromatic nitrogens is 4. The average molecular weight is 479 g/mol. The molecule has 2 N–H and O–H groups in total. The molecule has 0 fully saturated rings. The van der Waals surface area contributed by atoms with E-state index in [0.29, 0.717) is 28.8 Å². The lowest BCUT2D eigenvalue weighted by Gasteiger charge is -2.15. The number of fused-ring (bicyclic) bond motifs is 1.